The van der Waals surface area contributed by atoms with E-state index in [0.29, 0.717) is 22.0 Å². The molecule has 0 aliphatic rings. The van der Waals surface area contributed by atoms with Crippen molar-refractivity contribution in [3.05, 3.63) is 71.8 Å². The number of methoxy groups -OCH3 is 1. The van der Waals surface area contributed by atoms with E-state index in [4.69, 9.17) is 21.7 Å². The van der Waals surface area contributed by atoms with Crippen LogP contribution in [-0.2, 0) is 11.3 Å². The topological polar surface area (TPSA) is 107 Å². The van der Waals surface area contributed by atoms with E-state index < -0.39 is 0 Å². The fraction of sp³-hybridized carbons (Fsp3) is 0.0952. The minimum atomic E-state index is -0.243. The highest BCUT2D eigenvalue weighted by molar-refractivity contribution is 7.71. The van der Waals surface area contributed by atoms with Crippen molar-refractivity contribution in [3.8, 4) is 28.9 Å². The van der Waals surface area contributed by atoms with Gasteiger partial charge in [-0.1, -0.05) is 0 Å². The number of ether oxygens (including phenoxy) is 2. The Morgan fingerprint density at radius 3 is 2.42 bits per heavy atom. The largest absolute Gasteiger partial charge is 0.497 e. The monoisotopic (exact) mass is 434 g/mol. The number of nitrogens with zero attached hydrogens (tertiary/aromatic N) is 4. The van der Waals surface area contributed by atoms with E-state index in [1.54, 1.807) is 54.4 Å². The summed E-state index contributed by atoms with van der Waals surface area (Å²) >= 11 is 5.30. The van der Waals surface area contributed by atoms with Crippen molar-refractivity contribution in [2.75, 3.05) is 12.4 Å². The molecule has 0 unspecified atom stereocenters. The van der Waals surface area contributed by atoms with Crippen LogP contribution in [0.2, 0.25) is 0 Å². The van der Waals surface area contributed by atoms with Gasteiger partial charge in [-0.05, 0) is 66.8 Å². The minimum absolute atomic E-state index is 0.00675. The average Bonchev–Trinajstić information content (AvgIpc) is 3.16. The number of nitrogens with one attached hydrogen (secondary N) is 2. The molecule has 4 aromatic rings. The molecular formula is C21H18N6O3S. The van der Waals surface area contributed by atoms with Crippen molar-refractivity contribution in [2.24, 2.45) is 0 Å². The van der Waals surface area contributed by atoms with Crippen LogP contribution in [0.5, 0.6) is 17.5 Å². The summed E-state index contributed by atoms with van der Waals surface area (Å²) in [6.45, 7) is 0.00675. The van der Waals surface area contributed by atoms with Crippen molar-refractivity contribution in [1.29, 1.82) is 0 Å². The fourth-order valence-corrected chi connectivity index (χ4v) is 3.02. The highest BCUT2D eigenvalue weighted by Gasteiger charge is 2.13. The molecule has 0 bridgehead atoms. The van der Waals surface area contributed by atoms with Crippen LogP contribution < -0.4 is 14.8 Å². The summed E-state index contributed by atoms with van der Waals surface area (Å²) in [5.41, 5.74) is 1.43. The number of aromatic amines is 1. The smallest absolute Gasteiger partial charge is 0.321 e. The zero-order valence-electron chi connectivity index (χ0n) is 16.5. The minimum Gasteiger partial charge on any atom is -0.497 e. The first-order chi connectivity index (χ1) is 15.1. The molecule has 4 rings (SSSR count). The Hall–Kier alpha value is -4.05. The van der Waals surface area contributed by atoms with E-state index >= 15 is 0 Å². The standard InChI is InChI=1S/C21H18N6O3S/c1-29-16-7-3-14(4-8-16)19-25-26-21(31)27(19)13-18(28)24-15-5-9-17(10-6-15)30-20-22-11-2-12-23-20/h2-12H,13H2,1H3,(H,24,28)(H,26,31). The molecule has 2 N–H and O–H groups in total. The molecule has 0 saturated carbocycles. The summed E-state index contributed by atoms with van der Waals surface area (Å²) in [7, 11) is 1.60. The lowest BCUT2D eigenvalue weighted by Crippen LogP contribution is -2.19. The Kier molecular flexibility index (Phi) is 5.99. The highest BCUT2D eigenvalue weighted by atomic mass is 32.1. The van der Waals surface area contributed by atoms with Crippen LogP contribution in [0.15, 0.2) is 67.0 Å². The first kappa shape index (κ1) is 20.2. The Morgan fingerprint density at radius 2 is 1.74 bits per heavy atom. The number of amides is 1. The summed E-state index contributed by atoms with van der Waals surface area (Å²) < 4.78 is 12.7. The van der Waals surface area contributed by atoms with E-state index in [0.717, 1.165) is 11.3 Å². The molecule has 1 amide bonds. The number of carbonyl (C=O) groups is 1. The molecule has 9 nitrogen and oxygen atoms in total. The van der Waals surface area contributed by atoms with Crippen molar-refractivity contribution in [3.63, 3.8) is 0 Å². The Labute approximate surface area is 182 Å². The maximum absolute atomic E-state index is 12.6. The molecule has 0 radical (unpaired) electrons. The number of rotatable bonds is 7. The molecule has 0 aliphatic carbocycles. The molecular weight excluding hydrogens is 416 g/mol. The molecule has 2 aromatic carbocycles. The van der Waals surface area contributed by atoms with Gasteiger partial charge in [0.25, 0.3) is 0 Å². The lowest BCUT2D eigenvalue weighted by Gasteiger charge is -2.09. The van der Waals surface area contributed by atoms with Crippen molar-refractivity contribution >= 4 is 23.8 Å². The van der Waals surface area contributed by atoms with Crippen LogP contribution in [0.1, 0.15) is 0 Å². The predicted octanol–water partition coefficient (Wildman–Crippen LogP) is 3.84. The van der Waals surface area contributed by atoms with Gasteiger partial charge in [0.05, 0.1) is 7.11 Å². The number of anilines is 1. The van der Waals surface area contributed by atoms with E-state index in [9.17, 15) is 4.79 Å². The summed E-state index contributed by atoms with van der Waals surface area (Å²) in [6.07, 6.45) is 3.19. The lowest BCUT2D eigenvalue weighted by molar-refractivity contribution is -0.116. The fourth-order valence-electron chi connectivity index (χ4n) is 2.82. The van der Waals surface area contributed by atoms with Gasteiger partial charge in [-0.3, -0.25) is 14.5 Å². The maximum atomic E-state index is 12.6. The molecule has 10 heteroatoms. The number of carbonyl (C=O) groups excluding carboxylic acids is 1. The third kappa shape index (κ3) is 4.93. The van der Waals surface area contributed by atoms with E-state index in [1.807, 2.05) is 24.3 Å². The maximum Gasteiger partial charge on any atom is 0.321 e. The lowest BCUT2D eigenvalue weighted by atomic mass is 10.2. The van der Waals surface area contributed by atoms with Crippen LogP contribution in [0.25, 0.3) is 11.4 Å². The third-order valence-corrected chi connectivity index (χ3v) is 4.61. The number of H-pyrrole nitrogens is 1. The molecule has 31 heavy (non-hydrogen) atoms. The molecule has 0 atom stereocenters. The Balaban J connectivity index is 1.43. The molecule has 156 valence electrons. The number of benzene rings is 2. The first-order valence-electron chi connectivity index (χ1n) is 9.27. The van der Waals surface area contributed by atoms with Crippen molar-refractivity contribution in [2.45, 2.75) is 6.54 Å². The quantitative estimate of drug-likeness (QED) is 0.426. The van der Waals surface area contributed by atoms with Gasteiger partial charge in [0, 0.05) is 23.6 Å². The van der Waals surface area contributed by atoms with Crippen LogP contribution in [0.4, 0.5) is 5.69 Å². The zero-order valence-corrected chi connectivity index (χ0v) is 17.3. The van der Waals surface area contributed by atoms with Crippen LogP contribution >= 0.6 is 12.2 Å². The molecule has 0 saturated heterocycles. The van der Waals surface area contributed by atoms with Crippen molar-refractivity contribution in [1.82, 2.24) is 24.7 Å². The molecule has 0 fully saturated rings. The number of hydrogen-bond acceptors (Lipinski definition) is 7. The number of hydrogen-bond donors (Lipinski definition) is 2. The van der Waals surface area contributed by atoms with Gasteiger partial charge in [0.15, 0.2) is 10.6 Å². The number of aromatic nitrogens is 5. The Morgan fingerprint density at radius 1 is 1.06 bits per heavy atom. The summed E-state index contributed by atoms with van der Waals surface area (Å²) in [5, 5.41) is 9.83. The van der Waals surface area contributed by atoms with E-state index in [1.165, 1.54) is 0 Å². The van der Waals surface area contributed by atoms with E-state index in [2.05, 4.69) is 25.5 Å². The SMILES string of the molecule is COc1ccc(-c2n[nH]c(=S)n2CC(=O)Nc2ccc(Oc3ncccn3)cc2)cc1. The van der Waals surface area contributed by atoms with Crippen molar-refractivity contribution < 1.29 is 14.3 Å². The first-order valence-corrected chi connectivity index (χ1v) is 9.67. The van der Waals surface area contributed by atoms with Crippen LogP contribution in [0.3, 0.4) is 0 Å². The molecule has 2 heterocycles. The zero-order chi connectivity index (χ0) is 21.6. The van der Waals surface area contributed by atoms with Gasteiger partial charge in [-0.15, -0.1) is 0 Å². The highest BCUT2D eigenvalue weighted by Crippen LogP contribution is 2.22. The van der Waals surface area contributed by atoms with Crippen LogP contribution in [-0.4, -0.2) is 37.7 Å². The molecule has 2 aromatic heterocycles. The summed E-state index contributed by atoms with van der Waals surface area (Å²) in [6, 6.07) is 16.2. The predicted molar refractivity (Wildman–Crippen MR) is 117 cm³/mol. The summed E-state index contributed by atoms with van der Waals surface area (Å²) in [4.78, 5) is 20.6. The summed E-state index contributed by atoms with van der Waals surface area (Å²) in [5.74, 6) is 1.61. The molecule has 0 aliphatic heterocycles. The second-order valence-corrected chi connectivity index (χ2v) is 6.76. The second kappa shape index (κ2) is 9.18. The normalized spacial score (nSPS) is 10.5. The van der Waals surface area contributed by atoms with Gasteiger partial charge < -0.3 is 14.8 Å². The second-order valence-electron chi connectivity index (χ2n) is 6.37. The third-order valence-electron chi connectivity index (χ3n) is 4.30. The average molecular weight is 434 g/mol. The molecule has 0 spiro atoms. The van der Waals surface area contributed by atoms with Gasteiger partial charge in [-0.2, -0.15) is 5.10 Å². The van der Waals surface area contributed by atoms with Gasteiger partial charge in [-0.25, -0.2) is 9.97 Å². The van der Waals surface area contributed by atoms with Gasteiger partial charge in [0.2, 0.25) is 5.91 Å². The van der Waals surface area contributed by atoms with E-state index in [-0.39, 0.29) is 18.5 Å². The van der Waals surface area contributed by atoms with Gasteiger partial charge in [0.1, 0.15) is 18.0 Å². The van der Waals surface area contributed by atoms with Gasteiger partial charge >= 0.3 is 6.01 Å². The van der Waals surface area contributed by atoms with Crippen LogP contribution in [0, 0.1) is 4.77 Å². The Bertz CT molecular complexity index is 1220.